The van der Waals surface area contributed by atoms with Crippen molar-refractivity contribution in [3.63, 3.8) is 0 Å². The van der Waals surface area contributed by atoms with Gasteiger partial charge in [-0.05, 0) is 44.4 Å². The van der Waals surface area contributed by atoms with Crippen LogP contribution >= 0.6 is 0 Å². The van der Waals surface area contributed by atoms with Gasteiger partial charge in [0.05, 0.1) is 5.56 Å². The van der Waals surface area contributed by atoms with Crippen LogP contribution in [0, 0.1) is 0 Å². The largest absolute Gasteiger partial charge is 0.433 e. The van der Waals surface area contributed by atoms with Gasteiger partial charge in [-0.2, -0.15) is 13.2 Å². The number of hydrogen-bond donors (Lipinski definition) is 1. The van der Waals surface area contributed by atoms with E-state index in [0.717, 1.165) is 31.5 Å². The van der Waals surface area contributed by atoms with Gasteiger partial charge in [-0.3, -0.25) is 9.78 Å². The molecule has 1 aromatic heterocycles. The van der Waals surface area contributed by atoms with Gasteiger partial charge in [0, 0.05) is 18.8 Å². The zero-order valence-electron chi connectivity index (χ0n) is 11.6. The number of aromatic nitrogens is 1. The average Bonchev–Trinajstić information content (AvgIpc) is 2.47. The molecule has 0 spiro atoms. The van der Waals surface area contributed by atoms with Crippen LogP contribution < -0.4 is 5.73 Å². The first-order valence-corrected chi connectivity index (χ1v) is 6.98. The third-order valence-electron chi connectivity index (χ3n) is 3.69. The molecule has 0 bridgehead atoms. The Kier molecular flexibility index (Phi) is 4.82. The molecule has 1 amide bonds. The highest BCUT2D eigenvalue weighted by atomic mass is 19.4. The highest BCUT2D eigenvalue weighted by molar-refractivity contribution is 5.94. The second-order valence-electron chi connectivity index (χ2n) is 5.16. The third-order valence-corrected chi connectivity index (χ3v) is 3.69. The third kappa shape index (κ3) is 3.72. The van der Waals surface area contributed by atoms with Crippen molar-refractivity contribution in [2.75, 3.05) is 13.1 Å². The normalized spacial score (nSPS) is 19.6. The van der Waals surface area contributed by atoms with E-state index >= 15 is 0 Å². The molecule has 4 nitrogen and oxygen atoms in total. The van der Waals surface area contributed by atoms with Gasteiger partial charge in [0.1, 0.15) is 5.69 Å². The van der Waals surface area contributed by atoms with E-state index in [1.807, 2.05) is 0 Å². The highest BCUT2D eigenvalue weighted by Gasteiger charge is 2.33. The number of carbonyl (C=O) groups is 1. The lowest BCUT2D eigenvalue weighted by Gasteiger charge is -2.35. The van der Waals surface area contributed by atoms with Crippen molar-refractivity contribution in [2.24, 2.45) is 5.73 Å². The van der Waals surface area contributed by atoms with Gasteiger partial charge >= 0.3 is 6.18 Å². The standard InChI is InChI=1S/C14H18F3N3O/c15-14(16,17)12-5-4-10(9-19-12)13(21)20-8-2-1-3-11(20)6-7-18/h4-5,9,11H,1-3,6-8,18H2/t11-/m1/s1. The molecule has 0 aromatic carbocycles. The number of halogens is 3. The van der Waals surface area contributed by atoms with Gasteiger partial charge in [-0.25, -0.2) is 0 Å². The van der Waals surface area contributed by atoms with E-state index in [4.69, 9.17) is 5.73 Å². The molecule has 21 heavy (non-hydrogen) atoms. The molecular weight excluding hydrogens is 283 g/mol. The molecule has 2 rings (SSSR count). The zero-order chi connectivity index (χ0) is 15.5. The number of hydrogen-bond acceptors (Lipinski definition) is 3. The number of pyridine rings is 1. The molecule has 0 aliphatic carbocycles. The minimum absolute atomic E-state index is 0.0681. The Bertz CT molecular complexity index is 485. The molecule has 116 valence electrons. The van der Waals surface area contributed by atoms with Gasteiger partial charge in [0.15, 0.2) is 0 Å². The molecule has 0 unspecified atom stereocenters. The molecule has 2 heterocycles. The van der Waals surface area contributed by atoms with E-state index in [2.05, 4.69) is 4.98 Å². The summed E-state index contributed by atoms with van der Waals surface area (Å²) in [6.07, 6.45) is 0.0471. The fourth-order valence-electron chi connectivity index (χ4n) is 2.61. The Morgan fingerprint density at radius 2 is 2.14 bits per heavy atom. The Morgan fingerprint density at radius 1 is 1.38 bits per heavy atom. The van der Waals surface area contributed by atoms with E-state index in [-0.39, 0.29) is 17.5 Å². The van der Waals surface area contributed by atoms with Gasteiger partial charge in [-0.1, -0.05) is 0 Å². The first kappa shape index (κ1) is 15.8. The van der Waals surface area contributed by atoms with Crippen molar-refractivity contribution in [1.82, 2.24) is 9.88 Å². The van der Waals surface area contributed by atoms with Crippen molar-refractivity contribution in [1.29, 1.82) is 0 Å². The monoisotopic (exact) mass is 301 g/mol. The summed E-state index contributed by atoms with van der Waals surface area (Å²) in [5.41, 5.74) is 4.75. The van der Waals surface area contributed by atoms with Crippen LogP contribution in [0.15, 0.2) is 18.3 Å². The molecule has 0 saturated carbocycles. The number of rotatable bonds is 3. The molecule has 1 fully saturated rings. The molecule has 1 saturated heterocycles. The number of alkyl halides is 3. The molecule has 2 N–H and O–H groups in total. The van der Waals surface area contributed by atoms with Gasteiger partial charge in [0.25, 0.3) is 5.91 Å². The van der Waals surface area contributed by atoms with E-state index in [1.54, 1.807) is 4.90 Å². The van der Waals surface area contributed by atoms with E-state index < -0.39 is 11.9 Å². The molecule has 7 heteroatoms. The lowest BCUT2D eigenvalue weighted by Crippen LogP contribution is -2.44. The zero-order valence-corrected chi connectivity index (χ0v) is 11.6. The summed E-state index contributed by atoms with van der Waals surface area (Å²) in [7, 11) is 0. The van der Waals surface area contributed by atoms with Crippen molar-refractivity contribution in [2.45, 2.75) is 37.9 Å². The fourth-order valence-corrected chi connectivity index (χ4v) is 2.61. The van der Waals surface area contributed by atoms with E-state index in [1.165, 1.54) is 6.07 Å². The minimum Gasteiger partial charge on any atom is -0.336 e. The van der Waals surface area contributed by atoms with Crippen LogP contribution in [0.5, 0.6) is 0 Å². The summed E-state index contributed by atoms with van der Waals surface area (Å²) in [6, 6.07) is 2.10. The Labute approximate surface area is 121 Å². The lowest BCUT2D eigenvalue weighted by atomic mass is 9.98. The summed E-state index contributed by atoms with van der Waals surface area (Å²) < 4.78 is 37.4. The Hall–Kier alpha value is -1.63. The molecule has 1 aliphatic heterocycles. The van der Waals surface area contributed by atoms with Crippen LogP contribution in [0.2, 0.25) is 0 Å². The number of piperidine rings is 1. The van der Waals surface area contributed by atoms with Crippen LogP contribution in [-0.4, -0.2) is 34.9 Å². The SMILES string of the molecule is NCC[C@H]1CCCCN1C(=O)c1ccc(C(F)(F)F)nc1. The maximum atomic E-state index is 12.5. The maximum absolute atomic E-state index is 12.5. The summed E-state index contributed by atoms with van der Waals surface area (Å²) >= 11 is 0. The Morgan fingerprint density at radius 3 is 2.71 bits per heavy atom. The summed E-state index contributed by atoms with van der Waals surface area (Å²) in [5.74, 6) is -0.269. The smallest absolute Gasteiger partial charge is 0.336 e. The second kappa shape index (κ2) is 6.43. The Balaban J connectivity index is 2.14. The summed E-state index contributed by atoms with van der Waals surface area (Å²) in [4.78, 5) is 17.5. The van der Waals surface area contributed by atoms with Crippen LogP contribution in [0.4, 0.5) is 13.2 Å². The first-order valence-electron chi connectivity index (χ1n) is 6.98. The second-order valence-corrected chi connectivity index (χ2v) is 5.16. The topological polar surface area (TPSA) is 59.2 Å². The summed E-state index contributed by atoms with van der Waals surface area (Å²) in [5, 5.41) is 0. The van der Waals surface area contributed by atoms with Crippen LogP contribution in [0.3, 0.4) is 0 Å². The number of likely N-dealkylation sites (tertiary alicyclic amines) is 1. The van der Waals surface area contributed by atoms with Crippen molar-refractivity contribution in [3.8, 4) is 0 Å². The number of carbonyl (C=O) groups excluding carboxylic acids is 1. The van der Waals surface area contributed by atoms with Gasteiger partial charge in [0.2, 0.25) is 0 Å². The maximum Gasteiger partial charge on any atom is 0.433 e. The first-order chi connectivity index (χ1) is 9.93. The highest BCUT2D eigenvalue weighted by Crippen LogP contribution is 2.28. The van der Waals surface area contributed by atoms with E-state index in [0.29, 0.717) is 19.5 Å². The predicted molar refractivity (Wildman–Crippen MR) is 71.6 cm³/mol. The van der Waals surface area contributed by atoms with Crippen LogP contribution in [0.1, 0.15) is 41.7 Å². The molecule has 1 atom stereocenters. The number of amides is 1. The number of nitrogens with zero attached hydrogens (tertiary/aromatic N) is 2. The predicted octanol–water partition coefficient (Wildman–Crippen LogP) is 2.44. The van der Waals surface area contributed by atoms with Crippen molar-refractivity contribution in [3.05, 3.63) is 29.6 Å². The van der Waals surface area contributed by atoms with Gasteiger partial charge < -0.3 is 10.6 Å². The molecular formula is C14H18F3N3O. The quantitative estimate of drug-likeness (QED) is 0.933. The molecule has 1 aliphatic rings. The summed E-state index contributed by atoms with van der Waals surface area (Å²) in [6.45, 7) is 1.10. The number of nitrogens with two attached hydrogens (primary N) is 1. The van der Waals surface area contributed by atoms with Crippen LogP contribution in [-0.2, 0) is 6.18 Å². The average molecular weight is 301 g/mol. The van der Waals surface area contributed by atoms with Crippen molar-refractivity contribution >= 4 is 5.91 Å². The minimum atomic E-state index is -4.49. The molecule has 0 radical (unpaired) electrons. The van der Waals surface area contributed by atoms with E-state index in [9.17, 15) is 18.0 Å². The lowest BCUT2D eigenvalue weighted by molar-refractivity contribution is -0.141. The van der Waals surface area contributed by atoms with Crippen molar-refractivity contribution < 1.29 is 18.0 Å². The van der Waals surface area contributed by atoms with Gasteiger partial charge in [-0.15, -0.1) is 0 Å². The van der Waals surface area contributed by atoms with Crippen LogP contribution in [0.25, 0.3) is 0 Å². The molecule has 1 aromatic rings. The fraction of sp³-hybridized carbons (Fsp3) is 0.571.